The third kappa shape index (κ3) is 6.11. The minimum absolute atomic E-state index is 0.0257. The summed E-state index contributed by atoms with van der Waals surface area (Å²) >= 11 is 5.96. The molecule has 0 saturated carbocycles. The van der Waals surface area contributed by atoms with Gasteiger partial charge in [0.15, 0.2) is 0 Å². The smallest absolute Gasteiger partial charge is 0.412 e. The molecule has 1 unspecified atom stereocenters. The maximum absolute atomic E-state index is 13.8. The maximum atomic E-state index is 13.8. The van der Waals surface area contributed by atoms with Crippen LogP contribution in [0.15, 0.2) is 30.3 Å². The summed E-state index contributed by atoms with van der Waals surface area (Å²) in [6.45, 7) is 5.94. The van der Waals surface area contributed by atoms with Gasteiger partial charge < -0.3 is 15.7 Å². The normalized spacial score (nSPS) is 12.7. The van der Waals surface area contributed by atoms with Crippen LogP contribution in [0, 0.1) is 20.8 Å². The highest BCUT2D eigenvalue weighted by Gasteiger charge is 2.41. The van der Waals surface area contributed by atoms with Crippen LogP contribution in [0.25, 0.3) is 0 Å². The van der Waals surface area contributed by atoms with E-state index in [1.165, 1.54) is 18.2 Å². The van der Waals surface area contributed by atoms with Gasteiger partial charge in [-0.25, -0.2) is 0 Å². The van der Waals surface area contributed by atoms with Gasteiger partial charge in [0.05, 0.1) is 6.42 Å². The number of benzene rings is 2. The molecule has 0 aliphatic heterocycles. The number of carboxylic acid groups (broad SMARTS) is 1. The quantitative estimate of drug-likeness (QED) is 0.483. The van der Waals surface area contributed by atoms with Gasteiger partial charge in [-0.3, -0.25) is 4.79 Å². The number of carbonyl (C=O) groups is 1. The van der Waals surface area contributed by atoms with Crippen LogP contribution < -0.4 is 10.6 Å². The van der Waals surface area contributed by atoms with Gasteiger partial charge in [0.25, 0.3) is 0 Å². The third-order valence-electron chi connectivity index (χ3n) is 4.79. The molecular formula is C21H24ClF3N2O2. The van der Waals surface area contributed by atoms with Gasteiger partial charge in [-0.2, -0.15) is 13.2 Å². The Kier molecular flexibility index (Phi) is 7.54. The molecule has 0 radical (unpaired) electrons. The number of halogens is 4. The molecule has 29 heavy (non-hydrogen) atoms. The second kappa shape index (κ2) is 9.50. The zero-order chi connectivity index (χ0) is 21.8. The standard InChI is InChI=1S/C21H24ClF3N2O2/c1-12-4-7-18(14(3)16(12)11-26-9-8-19(28)29)27-20(21(23,24)25)15-5-6-17(22)13(2)10-15/h4-7,10,20,26-27H,8-9,11H2,1-3H3,(H,28,29). The van der Waals surface area contributed by atoms with Gasteiger partial charge in [0, 0.05) is 23.8 Å². The predicted molar refractivity (Wildman–Crippen MR) is 108 cm³/mol. The van der Waals surface area contributed by atoms with E-state index in [4.69, 9.17) is 16.7 Å². The summed E-state index contributed by atoms with van der Waals surface area (Å²) in [5.74, 6) is -0.910. The first-order chi connectivity index (χ1) is 13.5. The Morgan fingerprint density at radius 1 is 1.14 bits per heavy atom. The summed E-state index contributed by atoms with van der Waals surface area (Å²) in [5.41, 5.74) is 3.48. The summed E-state index contributed by atoms with van der Waals surface area (Å²) < 4.78 is 41.4. The molecule has 4 nitrogen and oxygen atoms in total. The number of hydrogen-bond donors (Lipinski definition) is 3. The molecular weight excluding hydrogens is 405 g/mol. The Morgan fingerprint density at radius 2 is 1.83 bits per heavy atom. The highest BCUT2D eigenvalue weighted by molar-refractivity contribution is 6.31. The van der Waals surface area contributed by atoms with Gasteiger partial charge in [-0.15, -0.1) is 0 Å². The van der Waals surface area contributed by atoms with Crippen molar-refractivity contribution in [1.29, 1.82) is 0 Å². The Morgan fingerprint density at radius 3 is 2.41 bits per heavy atom. The van der Waals surface area contributed by atoms with Crippen LogP contribution in [-0.2, 0) is 11.3 Å². The lowest BCUT2D eigenvalue weighted by molar-refractivity contribution is -0.144. The van der Waals surface area contributed by atoms with E-state index in [1.54, 1.807) is 26.0 Å². The number of aliphatic carboxylic acids is 1. The van der Waals surface area contributed by atoms with Crippen molar-refractivity contribution in [2.45, 2.75) is 46.0 Å². The fraction of sp³-hybridized carbons (Fsp3) is 0.381. The summed E-state index contributed by atoms with van der Waals surface area (Å²) in [6.07, 6.45) is -4.53. The fourth-order valence-corrected chi connectivity index (χ4v) is 3.20. The number of rotatable bonds is 8. The molecule has 2 aromatic carbocycles. The topological polar surface area (TPSA) is 61.4 Å². The highest BCUT2D eigenvalue weighted by Crippen LogP contribution is 2.38. The lowest BCUT2D eigenvalue weighted by Gasteiger charge is -2.26. The molecule has 0 saturated heterocycles. The number of hydrogen-bond acceptors (Lipinski definition) is 3. The van der Waals surface area contributed by atoms with Crippen LogP contribution in [-0.4, -0.2) is 23.8 Å². The minimum atomic E-state index is -4.50. The van der Waals surface area contributed by atoms with Crippen LogP contribution in [0.5, 0.6) is 0 Å². The van der Waals surface area contributed by atoms with Crippen molar-refractivity contribution in [3.05, 3.63) is 63.2 Å². The fourth-order valence-electron chi connectivity index (χ4n) is 3.09. The lowest BCUT2D eigenvalue weighted by Crippen LogP contribution is -2.28. The first-order valence-corrected chi connectivity index (χ1v) is 9.49. The Hall–Kier alpha value is -2.25. The molecule has 0 bridgehead atoms. The van der Waals surface area contributed by atoms with Crippen molar-refractivity contribution in [2.24, 2.45) is 0 Å². The Labute approximate surface area is 173 Å². The van der Waals surface area contributed by atoms with Gasteiger partial charge in [0.1, 0.15) is 6.04 Å². The lowest BCUT2D eigenvalue weighted by atomic mass is 9.98. The van der Waals surface area contributed by atoms with Crippen molar-refractivity contribution < 1.29 is 23.1 Å². The minimum Gasteiger partial charge on any atom is -0.481 e. The summed E-state index contributed by atoms with van der Waals surface area (Å²) in [4.78, 5) is 10.6. The van der Waals surface area contributed by atoms with Crippen LogP contribution in [0.1, 0.15) is 40.3 Å². The molecule has 0 heterocycles. The zero-order valence-electron chi connectivity index (χ0n) is 16.5. The van der Waals surface area contributed by atoms with E-state index in [1.807, 2.05) is 6.92 Å². The molecule has 0 amide bonds. The van der Waals surface area contributed by atoms with E-state index in [9.17, 15) is 18.0 Å². The zero-order valence-corrected chi connectivity index (χ0v) is 17.2. The van der Waals surface area contributed by atoms with Gasteiger partial charge in [-0.1, -0.05) is 29.8 Å². The number of carboxylic acids is 1. The van der Waals surface area contributed by atoms with Crippen molar-refractivity contribution in [1.82, 2.24) is 5.32 Å². The van der Waals surface area contributed by atoms with Crippen molar-refractivity contribution in [3.8, 4) is 0 Å². The summed E-state index contributed by atoms with van der Waals surface area (Å²) in [6, 6.07) is 5.78. The predicted octanol–water partition coefficient (Wildman–Crippen LogP) is 5.55. The number of nitrogens with one attached hydrogen (secondary N) is 2. The van der Waals surface area contributed by atoms with E-state index in [-0.39, 0.29) is 18.5 Å². The Balaban J connectivity index is 2.30. The third-order valence-corrected chi connectivity index (χ3v) is 5.22. The maximum Gasteiger partial charge on any atom is 0.412 e. The van der Waals surface area contributed by atoms with Crippen LogP contribution in [0.4, 0.5) is 18.9 Å². The Bertz CT molecular complexity index is 885. The number of aryl methyl sites for hydroxylation is 2. The molecule has 1 atom stereocenters. The molecule has 0 spiro atoms. The van der Waals surface area contributed by atoms with Crippen molar-refractivity contribution in [3.63, 3.8) is 0 Å². The van der Waals surface area contributed by atoms with Crippen LogP contribution in [0.3, 0.4) is 0 Å². The summed E-state index contributed by atoms with van der Waals surface area (Å²) in [5, 5.41) is 14.8. The second-order valence-electron chi connectivity index (χ2n) is 6.98. The van der Waals surface area contributed by atoms with Crippen molar-refractivity contribution in [2.75, 3.05) is 11.9 Å². The first kappa shape index (κ1) is 23.0. The molecule has 2 rings (SSSR count). The number of alkyl halides is 3. The molecule has 2 aromatic rings. The van der Waals surface area contributed by atoms with Crippen LogP contribution >= 0.6 is 11.6 Å². The van der Waals surface area contributed by atoms with E-state index in [0.29, 0.717) is 28.4 Å². The molecule has 8 heteroatoms. The van der Waals surface area contributed by atoms with E-state index < -0.39 is 18.2 Å². The van der Waals surface area contributed by atoms with E-state index >= 15 is 0 Å². The van der Waals surface area contributed by atoms with Gasteiger partial charge in [0.2, 0.25) is 0 Å². The molecule has 0 aliphatic rings. The monoisotopic (exact) mass is 428 g/mol. The molecule has 0 fully saturated rings. The van der Waals surface area contributed by atoms with Crippen LogP contribution in [0.2, 0.25) is 5.02 Å². The SMILES string of the molecule is Cc1cc(C(Nc2ccc(C)c(CNCCC(=O)O)c2C)C(F)(F)F)ccc1Cl. The van der Waals surface area contributed by atoms with E-state index in [2.05, 4.69) is 10.6 Å². The van der Waals surface area contributed by atoms with Gasteiger partial charge >= 0.3 is 12.1 Å². The molecule has 0 aliphatic carbocycles. The largest absolute Gasteiger partial charge is 0.481 e. The second-order valence-corrected chi connectivity index (χ2v) is 7.39. The average molecular weight is 429 g/mol. The number of anilines is 1. The first-order valence-electron chi connectivity index (χ1n) is 9.11. The molecule has 3 N–H and O–H groups in total. The van der Waals surface area contributed by atoms with E-state index in [0.717, 1.165) is 11.1 Å². The molecule has 0 aromatic heterocycles. The highest BCUT2D eigenvalue weighted by atomic mass is 35.5. The molecule has 158 valence electrons. The van der Waals surface area contributed by atoms with Gasteiger partial charge in [-0.05, 0) is 60.7 Å². The van der Waals surface area contributed by atoms with Crippen molar-refractivity contribution >= 4 is 23.3 Å². The average Bonchev–Trinajstić information content (AvgIpc) is 2.61. The summed E-state index contributed by atoms with van der Waals surface area (Å²) in [7, 11) is 0.